The first-order valence-electron chi connectivity index (χ1n) is 7.53. The molecule has 0 saturated carbocycles. The first-order chi connectivity index (χ1) is 10.3. The largest absolute Gasteiger partial charge is 0.317 e. The van der Waals surface area contributed by atoms with Gasteiger partial charge in [0.25, 0.3) is 0 Å². The predicted molar refractivity (Wildman–Crippen MR) is 85.6 cm³/mol. The Morgan fingerprint density at radius 2 is 2.19 bits per heavy atom. The molecule has 112 valence electrons. The highest BCUT2D eigenvalue weighted by Crippen LogP contribution is 2.30. The van der Waals surface area contributed by atoms with Crippen molar-refractivity contribution in [2.45, 2.75) is 37.5 Å². The molecular weight excluding hydrogens is 282 g/mol. The average molecular weight is 303 g/mol. The molecule has 1 aliphatic rings. The van der Waals surface area contributed by atoms with Crippen LogP contribution in [0.3, 0.4) is 0 Å². The quantitative estimate of drug-likeness (QED) is 0.850. The van der Waals surface area contributed by atoms with Crippen LogP contribution < -0.4 is 5.32 Å². The van der Waals surface area contributed by atoms with Crippen molar-refractivity contribution in [2.75, 3.05) is 13.1 Å². The third kappa shape index (κ3) is 2.96. The Morgan fingerprint density at radius 1 is 1.38 bits per heavy atom. The van der Waals surface area contributed by atoms with Gasteiger partial charge in [-0.2, -0.15) is 12.6 Å². The Bertz CT molecular complexity index is 577. The summed E-state index contributed by atoms with van der Waals surface area (Å²) in [5.74, 6) is 2.53. The summed E-state index contributed by atoms with van der Waals surface area (Å²) in [7, 11) is 0. The zero-order valence-corrected chi connectivity index (χ0v) is 13.1. The zero-order valence-electron chi connectivity index (χ0n) is 12.2. The lowest BCUT2D eigenvalue weighted by Crippen LogP contribution is -2.28. The van der Waals surface area contributed by atoms with Crippen molar-refractivity contribution in [2.24, 2.45) is 0 Å². The number of hydrogen-bond acceptors (Lipinski definition) is 5. The van der Waals surface area contributed by atoms with Gasteiger partial charge in [-0.15, -0.1) is 10.2 Å². The molecular formula is C15H21N5S. The molecule has 6 heteroatoms. The first-order valence-corrected chi connectivity index (χ1v) is 8.04. The highest BCUT2D eigenvalue weighted by atomic mass is 32.1. The van der Waals surface area contributed by atoms with E-state index in [1.165, 1.54) is 0 Å². The van der Waals surface area contributed by atoms with Crippen molar-refractivity contribution in [3.05, 3.63) is 41.7 Å². The van der Waals surface area contributed by atoms with Gasteiger partial charge in [0.2, 0.25) is 0 Å². The number of piperidine rings is 1. The number of aromatic nitrogens is 4. The third-order valence-electron chi connectivity index (χ3n) is 4.07. The van der Waals surface area contributed by atoms with Crippen LogP contribution in [0.1, 0.15) is 48.1 Å². The molecule has 3 heterocycles. The molecule has 0 amide bonds. The fourth-order valence-electron chi connectivity index (χ4n) is 2.92. The highest BCUT2D eigenvalue weighted by Gasteiger charge is 2.25. The van der Waals surface area contributed by atoms with E-state index >= 15 is 0 Å². The highest BCUT2D eigenvalue weighted by molar-refractivity contribution is 7.80. The molecule has 1 N–H and O–H groups in total. The summed E-state index contributed by atoms with van der Waals surface area (Å²) >= 11 is 4.73. The number of pyridine rings is 1. The van der Waals surface area contributed by atoms with E-state index in [1.54, 1.807) is 6.20 Å². The predicted octanol–water partition coefficient (Wildman–Crippen LogP) is 2.18. The molecule has 0 spiro atoms. The minimum atomic E-state index is -0.0818. The van der Waals surface area contributed by atoms with Gasteiger partial charge in [-0.1, -0.05) is 6.07 Å². The van der Waals surface area contributed by atoms with Crippen molar-refractivity contribution in [1.29, 1.82) is 0 Å². The fourth-order valence-corrected chi connectivity index (χ4v) is 3.27. The van der Waals surface area contributed by atoms with Crippen molar-refractivity contribution in [3.63, 3.8) is 0 Å². The third-order valence-corrected chi connectivity index (χ3v) is 4.60. The summed E-state index contributed by atoms with van der Waals surface area (Å²) < 4.78 is 2.22. The summed E-state index contributed by atoms with van der Waals surface area (Å²) in [5, 5.41) is 12.2. The first kappa shape index (κ1) is 14.5. The van der Waals surface area contributed by atoms with Gasteiger partial charge in [-0.3, -0.25) is 4.98 Å². The number of thiol groups is 1. The number of nitrogens with zero attached hydrogens (tertiary/aromatic N) is 4. The summed E-state index contributed by atoms with van der Waals surface area (Å²) in [4.78, 5) is 4.17. The Morgan fingerprint density at radius 3 is 2.86 bits per heavy atom. The molecule has 5 nitrogen and oxygen atoms in total. The Kier molecular flexibility index (Phi) is 4.55. The van der Waals surface area contributed by atoms with Gasteiger partial charge in [0, 0.05) is 24.9 Å². The van der Waals surface area contributed by atoms with Crippen LogP contribution in [0, 0.1) is 0 Å². The van der Waals surface area contributed by atoms with Gasteiger partial charge in [-0.05, 0) is 44.5 Å². The molecule has 3 rings (SSSR count). The van der Waals surface area contributed by atoms with Crippen LogP contribution in [0.2, 0.25) is 0 Å². The van der Waals surface area contributed by atoms with Crippen LogP contribution >= 0.6 is 12.6 Å². The molecule has 0 radical (unpaired) electrons. The maximum atomic E-state index is 4.73. The molecule has 0 aromatic carbocycles. The topological polar surface area (TPSA) is 55.6 Å². The van der Waals surface area contributed by atoms with Crippen molar-refractivity contribution in [1.82, 2.24) is 25.1 Å². The second-order valence-corrected chi connectivity index (χ2v) is 5.89. The van der Waals surface area contributed by atoms with Crippen LogP contribution in [-0.2, 0) is 6.54 Å². The standard InChI is InChI=1S/C15H21N5S/c1-2-20-14(11-5-8-16-9-6-11)18-19-15(20)13(21)12-4-3-7-17-10-12/h3-4,7,10-11,13,16,21H,2,5-6,8-9H2,1H3. The van der Waals surface area contributed by atoms with Gasteiger partial charge in [0.1, 0.15) is 11.6 Å². The minimum absolute atomic E-state index is 0.0818. The molecule has 0 aliphatic carbocycles. The van der Waals surface area contributed by atoms with Gasteiger partial charge < -0.3 is 9.88 Å². The van der Waals surface area contributed by atoms with Crippen molar-refractivity contribution in [3.8, 4) is 0 Å². The molecule has 21 heavy (non-hydrogen) atoms. The van der Waals surface area contributed by atoms with E-state index in [4.69, 9.17) is 12.6 Å². The summed E-state index contributed by atoms with van der Waals surface area (Å²) in [6.45, 7) is 5.13. The molecule has 0 bridgehead atoms. The second-order valence-electron chi connectivity index (χ2n) is 5.37. The minimum Gasteiger partial charge on any atom is -0.317 e. The lowest BCUT2D eigenvalue weighted by Gasteiger charge is -2.23. The molecule has 1 unspecified atom stereocenters. The van der Waals surface area contributed by atoms with Gasteiger partial charge >= 0.3 is 0 Å². The monoisotopic (exact) mass is 303 g/mol. The average Bonchev–Trinajstić information content (AvgIpc) is 2.99. The number of hydrogen-bond donors (Lipinski definition) is 2. The van der Waals surface area contributed by atoms with E-state index in [1.807, 2.05) is 18.3 Å². The van der Waals surface area contributed by atoms with Gasteiger partial charge in [-0.25, -0.2) is 0 Å². The molecule has 1 atom stereocenters. The molecule has 1 aliphatic heterocycles. The summed E-state index contributed by atoms with van der Waals surface area (Å²) in [5.41, 5.74) is 1.06. The Balaban J connectivity index is 1.91. The smallest absolute Gasteiger partial charge is 0.150 e. The Labute approximate surface area is 130 Å². The van der Waals surface area contributed by atoms with Crippen LogP contribution in [-0.4, -0.2) is 32.8 Å². The zero-order chi connectivity index (χ0) is 14.7. The molecule has 2 aromatic heterocycles. The SMILES string of the molecule is CCn1c(C2CCNCC2)nnc1C(S)c1cccnc1. The van der Waals surface area contributed by atoms with Crippen LogP contribution in [0.15, 0.2) is 24.5 Å². The lowest BCUT2D eigenvalue weighted by molar-refractivity contribution is 0.430. The van der Waals surface area contributed by atoms with E-state index in [0.29, 0.717) is 5.92 Å². The van der Waals surface area contributed by atoms with E-state index in [9.17, 15) is 0 Å². The van der Waals surface area contributed by atoms with Crippen LogP contribution in [0.4, 0.5) is 0 Å². The normalized spacial score (nSPS) is 17.8. The maximum Gasteiger partial charge on any atom is 0.150 e. The van der Waals surface area contributed by atoms with E-state index in [-0.39, 0.29) is 5.25 Å². The number of nitrogens with one attached hydrogen (secondary N) is 1. The molecule has 1 fully saturated rings. The fraction of sp³-hybridized carbons (Fsp3) is 0.533. The maximum absolute atomic E-state index is 4.73. The van der Waals surface area contributed by atoms with Gasteiger partial charge in [0.05, 0.1) is 5.25 Å². The molecule has 2 aromatic rings. The van der Waals surface area contributed by atoms with E-state index < -0.39 is 0 Å². The molecule has 1 saturated heterocycles. The van der Waals surface area contributed by atoms with E-state index in [0.717, 1.165) is 49.7 Å². The second kappa shape index (κ2) is 6.58. The number of rotatable bonds is 4. The lowest BCUT2D eigenvalue weighted by atomic mass is 9.97. The van der Waals surface area contributed by atoms with E-state index in [2.05, 4.69) is 32.0 Å². The summed E-state index contributed by atoms with van der Waals surface area (Å²) in [6, 6.07) is 3.96. The Hall–Kier alpha value is -1.40. The summed E-state index contributed by atoms with van der Waals surface area (Å²) in [6.07, 6.45) is 5.87. The van der Waals surface area contributed by atoms with Crippen molar-refractivity contribution < 1.29 is 0 Å². The van der Waals surface area contributed by atoms with Gasteiger partial charge in [0.15, 0.2) is 0 Å². The van der Waals surface area contributed by atoms with Crippen LogP contribution in [0.25, 0.3) is 0 Å². The van der Waals surface area contributed by atoms with Crippen LogP contribution in [0.5, 0.6) is 0 Å². The van der Waals surface area contributed by atoms with Crippen molar-refractivity contribution >= 4 is 12.6 Å².